The molecule has 160 valence electrons. The number of hydrogen-bond donors (Lipinski definition) is 2. The highest BCUT2D eigenvalue weighted by Gasteiger charge is 2.12. The molecule has 2 N–H and O–H groups in total. The van der Waals surface area contributed by atoms with Crippen molar-refractivity contribution in [2.24, 2.45) is 0 Å². The Kier molecular flexibility index (Phi) is 7.79. The van der Waals surface area contributed by atoms with Gasteiger partial charge in [-0.1, -0.05) is 36.4 Å². The maximum atomic E-state index is 12.8. The van der Waals surface area contributed by atoms with Gasteiger partial charge in [0.2, 0.25) is 5.91 Å². The van der Waals surface area contributed by atoms with Gasteiger partial charge in [0.15, 0.2) is 0 Å². The molecule has 6 heteroatoms. The van der Waals surface area contributed by atoms with Crippen molar-refractivity contribution in [1.82, 2.24) is 0 Å². The minimum atomic E-state index is -0.257. The first-order valence-electron chi connectivity index (χ1n) is 10.1. The number of ether oxygens (including phenoxy) is 2. The molecule has 0 aliphatic heterocycles. The third kappa shape index (κ3) is 6.69. The van der Waals surface area contributed by atoms with Crippen LogP contribution in [0.2, 0.25) is 0 Å². The van der Waals surface area contributed by atoms with E-state index in [2.05, 4.69) is 10.6 Å². The van der Waals surface area contributed by atoms with Gasteiger partial charge in [-0.2, -0.15) is 0 Å². The minimum Gasteiger partial charge on any atom is -0.494 e. The number of hydrogen-bond acceptors (Lipinski definition) is 4. The molecule has 3 aromatic rings. The summed E-state index contributed by atoms with van der Waals surface area (Å²) in [5.41, 5.74) is 3.58. The molecule has 3 aromatic carbocycles. The first kappa shape index (κ1) is 22.1. The Labute approximate surface area is 182 Å². The lowest BCUT2D eigenvalue weighted by atomic mass is 10.1. The number of benzene rings is 3. The first-order valence-corrected chi connectivity index (χ1v) is 10.1. The van der Waals surface area contributed by atoms with E-state index in [1.807, 2.05) is 37.3 Å². The fraction of sp³-hybridized carbons (Fsp3) is 0.200. The molecular weight excluding hydrogens is 392 g/mol. The summed E-state index contributed by atoms with van der Waals surface area (Å²) >= 11 is 0. The lowest BCUT2D eigenvalue weighted by molar-refractivity contribution is -0.114. The molecule has 0 aliphatic carbocycles. The molecule has 0 radical (unpaired) electrons. The molecule has 0 aromatic heterocycles. The fourth-order valence-electron chi connectivity index (χ4n) is 3.06. The largest absolute Gasteiger partial charge is 0.494 e. The van der Waals surface area contributed by atoms with Crippen LogP contribution in [-0.2, 0) is 22.7 Å². The van der Waals surface area contributed by atoms with Crippen LogP contribution in [-0.4, -0.2) is 18.4 Å². The average molecular weight is 418 g/mol. The second-order valence-electron chi connectivity index (χ2n) is 6.95. The van der Waals surface area contributed by atoms with Crippen LogP contribution in [0.25, 0.3) is 0 Å². The summed E-state index contributed by atoms with van der Waals surface area (Å²) in [5, 5.41) is 5.56. The number of carbonyl (C=O) groups excluding carboxylic acids is 2. The van der Waals surface area contributed by atoms with E-state index in [4.69, 9.17) is 9.47 Å². The van der Waals surface area contributed by atoms with Crippen molar-refractivity contribution in [2.75, 3.05) is 17.2 Å². The molecule has 0 aliphatic rings. The Morgan fingerprint density at radius 3 is 2.29 bits per heavy atom. The number of nitrogens with one attached hydrogen (secondary N) is 2. The lowest BCUT2D eigenvalue weighted by Gasteiger charge is -2.13. The van der Waals surface area contributed by atoms with Gasteiger partial charge in [-0.15, -0.1) is 0 Å². The number of carbonyl (C=O) groups is 2. The van der Waals surface area contributed by atoms with Gasteiger partial charge in [-0.05, 0) is 48.9 Å². The molecule has 3 rings (SSSR count). The molecule has 0 saturated heterocycles. The van der Waals surface area contributed by atoms with Crippen LogP contribution >= 0.6 is 0 Å². The predicted molar refractivity (Wildman–Crippen MR) is 121 cm³/mol. The third-order valence-electron chi connectivity index (χ3n) is 4.43. The van der Waals surface area contributed by atoms with Crippen LogP contribution in [0.3, 0.4) is 0 Å². The molecule has 0 fully saturated rings. The lowest BCUT2D eigenvalue weighted by Crippen LogP contribution is -2.13. The van der Waals surface area contributed by atoms with Crippen molar-refractivity contribution in [3.63, 3.8) is 0 Å². The molecule has 0 unspecified atom stereocenters. The van der Waals surface area contributed by atoms with Crippen LogP contribution in [0.5, 0.6) is 5.75 Å². The fourth-order valence-corrected chi connectivity index (χ4v) is 3.06. The summed E-state index contributed by atoms with van der Waals surface area (Å²) in [6.07, 6.45) is 0. The van der Waals surface area contributed by atoms with E-state index in [1.165, 1.54) is 6.92 Å². The minimum absolute atomic E-state index is 0.171. The summed E-state index contributed by atoms with van der Waals surface area (Å²) < 4.78 is 11.5. The van der Waals surface area contributed by atoms with Crippen molar-refractivity contribution in [2.45, 2.75) is 27.1 Å². The molecule has 2 amide bonds. The van der Waals surface area contributed by atoms with Gasteiger partial charge in [-0.25, -0.2) is 0 Å². The van der Waals surface area contributed by atoms with Gasteiger partial charge in [0.05, 0.1) is 19.8 Å². The monoisotopic (exact) mass is 418 g/mol. The van der Waals surface area contributed by atoms with Crippen molar-refractivity contribution in [1.29, 1.82) is 0 Å². The Morgan fingerprint density at radius 2 is 1.58 bits per heavy atom. The Balaban J connectivity index is 1.71. The number of anilines is 2. The van der Waals surface area contributed by atoms with Crippen molar-refractivity contribution < 1.29 is 19.1 Å². The molecule has 0 saturated carbocycles. The summed E-state index contributed by atoms with van der Waals surface area (Å²) in [4.78, 5) is 24.0. The standard InChI is InChI=1S/C25H26N2O4/c1-3-31-24-13-12-20(14-21(24)17-30-16-19-8-5-4-6-9-19)25(29)27-23-11-7-10-22(15-23)26-18(2)28/h4-15H,3,16-17H2,1-2H3,(H,26,28)(H,27,29). The number of amides is 2. The highest BCUT2D eigenvalue weighted by molar-refractivity contribution is 6.05. The third-order valence-corrected chi connectivity index (χ3v) is 4.43. The van der Waals surface area contributed by atoms with Gasteiger partial charge >= 0.3 is 0 Å². The van der Waals surface area contributed by atoms with E-state index in [0.717, 1.165) is 11.1 Å². The van der Waals surface area contributed by atoms with Crippen molar-refractivity contribution >= 4 is 23.2 Å². The average Bonchev–Trinajstić information content (AvgIpc) is 2.75. The molecule has 0 bridgehead atoms. The van der Waals surface area contributed by atoms with E-state index in [9.17, 15) is 9.59 Å². The van der Waals surface area contributed by atoms with E-state index in [1.54, 1.807) is 42.5 Å². The van der Waals surface area contributed by atoms with E-state index in [-0.39, 0.29) is 11.8 Å². The smallest absolute Gasteiger partial charge is 0.255 e. The summed E-state index contributed by atoms with van der Waals surface area (Å²) in [6, 6.07) is 22.2. The molecule has 31 heavy (non-hydrogen) atoms. The second-order valence-corrected chi connectivity index (χ2v) is 6.95. The topological polar surface area (TPSA) is 76.7 Å². The van der Waals surface area contributed by atoms with Gasteiger partial charge in [-0.3, -0.25) is 9.59 Å². The van der Waals surface area contributed by atoms with Gasteiger partial charge in [0.1, 0.15) is 5.75 Å². The van der Waals surface area contributed by atoms with Gasteiger partial charge in [0.25, 0.3) is 5.91 Å². The predicted octanol–water partition coefficient (Wildman–Crippen LogP) is 5.01. The summed E-state index contributed by atoms with van der Waals surface area (Å²) in [7, 11) is 0. The molecule has 0 spiro atoms. The molecule has 6 nitrogen and oxygen atoms in total. The molecule has 0 heterocycles. The maximum absolute atomic E-state index is 12.8. The number of rotatable bonds is 9. The molecular formula is C25H26N2O4. The SMILES string of the molecule is CCOc1ccc(C(=O)Nc2cccc(NC(C)=O)c2)cc1COCc1ccccc1. The summed E-state index contributed by atoms with van der Waals surface area (Å²) in [5.74, 6) is 0.266. The van der Waals surface area contributed by atoms with Crippen LogP contribution in [0, 0.1) is 0 Å². The zero-order valence-electron chi connectivity index (χ0n) is 17.7. The molecule has 0 atom stereocenters. The Bertz CT molecular complexity index is 1030. The second kappa shape index (κ2) is 10.9. The quantitative estimate of drug-likeness (QED) is 0.512. The van der Waals surface area contributed by atoms with Crippen LogP contribution < -0.4 is 15.4 Å². The Hall–Kier alpha value is -3.64. The summed E-state index contributed by atoms with van der Waals surface area (Å²) in [6.45, 7) is 4.67. The zero-order chi connectivity index (χ0) is 22.1. The van der Waals surface area contributed by atoms with Crippen LogP contribution in [0.15, 0.2) is 72.8 Å². The van der Waals surface area contributed by atoms with Crippen LogP contribution in [0.4, 0.5) is 11.4 Å². The maximum Gasteiger partial charge on any atom is 0.255 e. The zero-order valence-corrected chi connectivity index (χ0v) is 17.7. The van der Waals surface area contributed by atoms with Crippen molar-refractivity contribution in [3.8, 4) is 5.75 Å². The Morgan fingerprint density at radius 1 is 0.839 bits per heavy atom. The highest BCUT2D eigenvalue weighted by atomic mass is 16.5. The first-order chi connectivity index (χ1) is 15.0. The highest BCUT2D eigenvalue weighted by Crippen LogP contribution is 2.23. The van der Waals surface area contributed by atoms with E-state index in [0.29, 0.717) is 42.5 Å². The van der Waals surface area contributed by atoms with Crippen molar-refractivity contribution in [3.05, 3.63) is 89.5 Å². The van der Waals surface area contributed by atoms with Gasteiger partial charge in [0, 0.05) is 29.4 Å². The normalized spacial score (nSPS) is 10.4. The van der Waals surface area contributed by atoms with E-state index >= 15 is 0 Å². The van der Waals surface area contributed by atoms with Gasteiger partial charge < -0.3 is 20.1 Å². The van der Waals surface area contributed by atoms with Crippen LogP contribution in [0.1, 0.15) is 35.3 Å². The van der Waals surface area contributed by atoms with E-state index < -0.39 is 0 Å².